The first-order chi connectivity index (χ1) is 16.3. The van der Waals surface area contributed by atoms with E-state index in [-0.39, 0.29) is 18.9 Å². The van der Waals surface area contributed by atoms with Crippen LogP contribution in [-0.2, 0) is 28.7 Å². The molecule has 3 rings (SSSR count). The van der Waals surface area contributed by atoms with E-state index in [4.69, 9.17) is 9.84 Å². The molecule has 0 aliphatic rings. The Morgan fingerprint density at radius 1 is 0.971 bits per heavy atom. The average Bonchev–Trinajstić information content (AvgIpc) is 2.79. The molecule has 0 atom stereocenters. The highest BCUT2D eigenvalue weighted by molar-refractivity contribution is 5.79. The smallest absolute Gasteiger partial charge is 0.416 e. The van der Waals surface area contributed by atoms with E-state index < -0.39 is 23.3 Å². The highest BCUT2D eigenvalue weighted by Crippen LogP contribution is 2.30. The summed E-state index contributed by atoms with van der Waals surface area (Å²) in [5.41, 5.74) is 1.20. The van der Waals surface area contributed by atoms with Gasteiger partial charge in [-0.15, -0.1) is 0 Å². The van der Waals surface area contributed by atoms with Gasteiger partial charge in [0, 0.05) is 17.8 Å². The van der Waals surface area contributed by atoms with Crippen molar-refractivity contribution in [1.82, 2.24) is 10.3 Å². The second-order valence-electron chi connectivity index (χ2n) is 8.53. The number of hydrogen-bond donors (Lipinski definition) is 2. The number of nitrogens with zero attached hydrogens (tertiary/aromatic N) is 1. The number of aliphatic carboxylic acids is 1. The number of rotatable bonds is 8. The van der Waals surface area contributed by atoms with Crippen LogP contribution in [0, 0.1) is 6.92 Å². The Labute approximate surface area is 200 Å². The fraction of sp³-hybridized carbons (Fsp3) is 0.269. The fourth-order valence-electron chi connectivity index (χ4n) is 3.22. The number of pyridine rings is 1. The molecule has 184 valence electrons. The summed E-state index contributed by atoms with van der Waals surface area (Å²) in [5.74, 6) is -0.912. The molecule has 0 aliphatic heterocycles. The summed E-state index contributed by atoms with van der Waals surface area (Å²) in [7, 11) is 0. The maximum Gasteiger partial charge on any atom is 0.416 e. The largest absolute Gasteiger partial charge is 0.478 e. The minimum atomic E-state index is -4.39. The predicted molar refractivity (Wildman–Crippen MR) is 124 cm³/mol. The van der Waals surface area contributed by atoms with Gasteiger partial charge in [-0.05, 0) is 62.2 Å². The second kappa shape index (κ2) is 10.2. The monoisotopic (exact) mass is 486 g/mol. The van der Waals surface area contributed by atoms with Gasteiger partial charge in [0.15, 0.2) is 5.60 Å². The van der Waals surface area contributed by atoms with Gasteiger partial charge >= 0.3 is 12.1 Å². The molecule has 1 heterocycles. The van der Waals surface area contributed by atoms with Crippen molar-refractivity contribution in [2.45, 2.75) is 45.5 Å². The van der Waals surface area contributed by atoms with Crippen LogP contribution in [0.4, 0.5) is 13.2 Å². The number of alkyl halides is 3. The molecule has 0 bridgehead atoms. The van der Waals surface area contributed by atoms with Crippen LogP contribution in [0.2, 0.25) is 0 Å². The number of benzene rings is 2. The lowest BCUT2D eigenvalue weighted by Crippen LogP contribution is -2.37. The summed E-state index contributed by atoms with van der Waals surface area (Å²) in [5, 5.41) is 12.0. The lowest BCUT2D eigenvalue weighted by molar-refractivity contribution is -0.152. The van der Waals surface area contributed by atoms with Crippen LogP contribution in [0.5, 0.6) is 5.75 Å². The molecule has 1 amide bonds. The van der Waals surface area contributed by atoms with Crippen molar-refractivity contribution < 1.29 is 32.6 Å². The summed E-state index contributed by atoms with van der Waals surface area (Å²) in [6.07, 6.45) is -4.27. The van der Waals surface area contributed by atoms with E-state index in [1.54, 1.807) is 43.3 Å². The number of aryl methyl sites for hydroxylation is 1. The lowest BCUT2D eigenvalue weighted by atomic mass is 10.1. The van der Waals surface area contributed by atoms with Crippen LogP contribution >= 0.6 is 0 Å². The molecule has 0 saturated heterocycles. The van der Waals surface area contributed by atoms with E-state index in [1.807, 2.05) is 0 Å². The third-order valence-electron chi connectivity index (χ3n) is 5.36. The topological polar surface area (TPSA) is 88.5 Å². The zero-order chi connectivity index (χ0) is 25.8. The van der Waals surface area contributed by atoms with E-state index >= 15 is 0 Å². The molecule has 6 nitrogen and oxygen atoms in total. The van der Waals surface area contributed by atoms with E-state index in [0.717, 1.165) is 23.3 Å². The maximum atomic E-state index is 12.8. The van der Waals surface area contributed by atoms with Crippen LogP contribution in [0.3, 0.4) is 0 Å². The summed E-state index contributed by atoms with van der Waals surface area (Å²) in [6.45, 7) is 4.92. The Hall–Kier alpha value is -3.88. The first-order valence-electron chi connectivity index (χ1n) is 10.8. The zero-order valence-corrected chi connectivity index (χ0v) is 19.4. The van der Waals surface area contributed by atoms with E-state index in [2.05, 4.69) is 10.3 Å². The molecule has 9 heteroatoms. The Kier molecular flexibility index (Phi) is 7.48. The normalized spacial score (nSPS) is 11.7. The molecule has 35 heavy (non-hydrogen) atoms. The third-order valence-corrected chi connectivity index (χ3v) is 5.36. The molecular weight excluding hydrogens is 461 g/mol. The van der Waals surface area contributed by atoms with Gasteiger partial charge in [0.05, 0.1) is 17.7 Å². The fourth-order valence-corrected chi connectivity index (χ4v) is 3.22. The van der Waals surface area contributed by atoms with Crippen molar-refractivity contribution in [3.63, 3.8) is 0 Å². The number of halogens is 3. The zero-order valence-electron chi connectivity index (χ0n) is 19.4. The van der Waals surface area contributed by atoms with Gasteiger partial charge in [-0.3, -0.25) is 9.78 Å². The highest BCUT2D eigenvalue weighted by Gasteiger charge is 2.30. The number of hydrogen-bond acceptors (Lipinski definition) is 4. The van der Waals surface area contributed by atoms with Crippen LogP contribution in [0.25, 0.3) is 11.3 Å². The van der Waals surface area contributed by atoms with Crippen molar-refractivity contribution in [2.75, 3.05) is 0 Å². The van der Waals surface area contributed by atoms with E-state index in [0.29, 0.717) is 22.7 Å². The van der Waals surface area contributed by atoms with Gasteiger partial charge in [-0.25, -0.2) is 4.79 Å². The molecule has 0 radical (unpaired) electrons. The van der Waals surface area contributed by atoms with Gasteiger partial charge in [-0.1, -0.05) is 30.3 Å². The Balaban J connectivity index is 1.57. The Morgan fingerprint density at radius 2 is 1.60 bits per heavy atom. The summed E-state index contributed by atoms with van der Waals surface area (Å²) in [6, 6.07) is 14.9. The first-order valence-corrected chi connectivity index (χ1v) is 10.8. The summed E-state index contributed by atoms with van der Waals surface area (Å²) in [4.78, 5) is 28.0. The van der Waals surface area contributed by atoms with Gasteiger partial charge in [0.1, 0.15) is 5.75 Å². The quantitative estimate of drug-likeness (QED) is 0.458. The van der Waals surface area contributed by atoms with Crippen LogP contribution < -0.4 is 10.1 Å². The standard InChI is InChI=1S/C26H25F3N2O4/c1-16-19(8-13-22(31-16)18-6-9-20(10-7-18)26(27,28)29)15-30-23(32)14-17-4-11-21(12-5-17)35-25(2,3)24(33)34/h4-13H,14-15H2,1-3H3,(H,30,32)(H,33,34). The highest BCUT2D eigenvalue weighted by atomic mass is 19.4. The van der Waals surface area contributed by atoms with Gasteiger partial charge in [0.25, 0.3) is 0 Å². The molecule has 0 fully saturated rings. The molecular formula is C26H25F3N2O4. The average molecular weight is 486 g/mol. The third kappa shape index (κ3) is 6.81. The number of carbonyl (C=O) groups is 2. The SMILES string of the molecule is Cc1nc(-c2ccc(C(F)(F)F)cc2)ccc1CNC(=O)Cc1ccc(OC(C)(C)C(=O)O)cc1. The Morgan fingerprint density at radius 3 is 2.14 bits per heavy atom. The molecule has 0 aliphatic carbocycles. The summed E-state index contributed by atoms with van der Waals surface area (Å²) >= 11 is 0. The van der Waals surface area contributed by atoms with Crippen molar-refractivity contribution in [1.29, 1.82) is 0 Å². The van der Waals surface area contributed by atoms with Crippen molar-refractivity contribution in [2.24, 2.45) is 0 Å². The van der Waals surface area contributed by atoms with Crippen molar-refractivity contribution in [3.8, 4) is 17.0 Å². The number of nitrogens with one attached hydrogen (secondary N) is 1. The van der Waals surface area contributed by atoms with E-state index in [1.165, 1.54) is 26.0 Å². The first kappa shape index (κ1) is 25.7. The lowest BCUT2D eigenvalue weighted by Gasteiger charge is -2.21. The van der Waals surface area contributed by atoms with Crippen molar-refractivity contribution in [3.05, 3.63) is 83.0 Å². The minimum absolute atomic E-state index is 0.124. The molecule has 1 aromatic heterocycles. The Bertz CT molecular complexity index is 1200. The number of ether oxygens (including phenoxy) is 1. The van der Waals surface area contributed by atoms with Crippen LogP contribution in [-0.4, -0.2) is 27.6 Å². The number of carboxylic acid groups (broad SMARTS) is 1. The molecule has 2 N–H and O–H groups in total. The molecule has 0 spiro atoms. The van der Waals surface area contributed by atoms with Crippen molar-refractivity contribution >= 4 is 11.9 Å². The minimum Gasteiger partial charge on any atom is -0.478 e. The molecule has 0 unspecified atom stereocenters. The number of aromatic nitrogens is 1. The number of carbonyl (C=O) groups excluding carboxylic acids is 1. The van der Waals surface area contributed by atoms with Gasteiger partial charge < -0.3 is 15.2 Å². The predicted octanol–water partition coefficient (Wildman–Crippen LogP) is 5.18. The second-order valence-corrected chi connectivity index (χ2v) is 8.53. The number of carboxylic acids is 1. The molecule has 3 aromatic rings. The van der Waals surface area contributed by atoms with Crippen LogP contribution in [0.15, 0.2) is 60.7 Å². The maximum absolute atomic E-state index is 12.8. The van der Waals surface area contributed by atoms with Crippen LogP contribution in [0.1, 0.15) is 36.2 Å². The van der Waals surface area contributed by atoms with Gasteiger partial charge in [-0.2, -0.15) is 13.2 Å². The van der Waals surface area contributed by atoms with Gasteiger partial charge in [0.2, 0.25) is 5.91 Å². The molecule has 2 aromatic carbocycles. The molecule has 0 saturated carbocycles. The summed E-state index contributed by atoms with van der Waals surface area (Å²) < 4.78 is 43.7. The van der Waals surface area contributed by atoms with E-state index in [9.17, 15) is 22.8 Å². The number of amides is 1.